The minimum absolute atomic E-state index is 0.352. The molecule has 0 aliphatic carbocycles. The van der Waals surface area contributed by atoms with Crippen LogP contribution in [0.25, 0.3) is 0 Å². The maximum atomic E-state index is 5.53. The number of rotatable bonds is 7. The molecule has 0 radical (unpaired) electrons. The molecule has 13 heavy (non-hydrogen) atoms. The van der Waals surface area contributed by atoms with Crippen molar-refractivity contribution in [3.05, 3.63) is 0 Å². The second kappa shape index (κ2) is 6.97. The van der Waals surface area contributed by atoms with Crippen molar-refractivity contribution < 1.29 is 4.43 Å². The summed E-state index contributed by atoms with van der Waals surface area (Å²) < 4.78 is 5.53. The Balaban J connectivity index is 3.54. The van der Waals surface area contributed by atoms with Crippen molar-refractivity contribution in [2.75, 3.05) is 25.6 Å². The van der Waals surface area contributed by atoms with E-state index in [1.54, 1.807) is 0 Å². The average Bonchev–Trinajstić information content (AvgIpc) is 2.12. The standard InChI is InChI=1S/C10H25OPSi/c1-6-12(7-2)9-8-10-13(4,5)11-3/h6-10H2,1-5H3. The normalized spacial score (nSPS) is 12.5. The molecule has 0 aromatic carbocycles. The van der Waals surface area contributed by atoms with Gasteiger partial charge in [0.05, 0.1) is 0 Å². The first-order valence-electron chi connectivity index (χ1n) is 5.33. The Morgan fingerprint density at radius 3 is 2.08 bits per heavy atom. The fourth-order valence-electron chi connectivity index (χ4n) is 1.37. The molecule has 0 heterocycles. The molecular weight excluding hydrogens is 195 g/mol. The van der Waals surface area contributed by atoms with Crippen molar-refractivity contribution in [3.63, 3.8) is 0 Å². The van der Waals surface area contributed by atoms with Gasteiger partial charge in [0.2, 0.25) is 0 Å². The summed E-state index contributed by atoms with van der Waals surface area (Å²) in [5.74, 6) is 0. The van der Waals surface area contributed by atoms with Gasteiger partial charge in [0.25, 0.3) is 0 Å². The van der Waals surface area contributed by atoms with E-state index >= 15 is 0 Å². The highest BCUT2D eigenvalue weighted by Crippen LogP contribution is 2.35. The molecule has 0 atom stereocenters. The van der Waals surface area contributed by atoms with Gasteiger partial charge in [-0.1, -0.05) is 13.8 Å². The average molecular weight is 220 g/mol. The highest BCUT2D eigenvalue weighted by molar-refractivity contribution is 7.57. The van der Waals surface area contributed by atoms with Crippen LogP contribution in [0.15, 0.2) is 0 Å². The summed E-state index contributed by atoms with van der Waals surface area (Å²) in [6.07, 6.45) is 5.66. The third-order valence-corrected chi connectivity index (χ3v) is 8.10. The SMILES string of the molecule is CCP(CC)CCC[Si](C)(C)OC. The van der Waals surface area contributed by atoms with Crippen LogP contribution in [0.5, 0.6) is 0 Å². The maximum absolute atomic E-state index is 5.53. The van der Waals surface area contributed by atoms with E-state index in [9.17, 15) is 0 Å². The lowest BCUT2D eigenvalue weighted by atomic mass is 10.6. The van der Waals surface area contributed by atoms with Crippen molar-refractivity contribution in [3.8, 4) is 0 Å². The number of hydrogen-bond acceptors (Lipinski definition) is 1. The largest absolute Gasteiger partial charge is 0.420 e. The van der Waals surface area contributed by atoms with Crippen molar-refractivity contribution in [2.45, 2.75) is 39.4 Å². The first kappa shape index (κ1) is 13.6. The highest BCUT2D eigenvalue weighted by Gasteiger charge is 2.19. The molecule has 80 valence electrons. The van der Waals surface area contributed by atoms with Gasteiger partial charge in [-0.05, 0) is 44.0 Å². The van der Waals surface area contributed by atoms with Crippen LogP contribution in [0.4, 0.5) is 0 Å². The van der Waals surface area contributed by atoms with E-state index in [0.717, 1.165) is 0 Å². The molecule has 0 N–H and O–H groups in total. The molecule has 0 bridgehead atoms. The summed E-state index contributed by atoms with van der Waals surface area (Å²) in [5.41, 5.74) is 0. The molecule has 0 aromatic heterocycles. The summed E-state index contributed by atoms with van der Waals surface area (Å²) in [5, 5.41) is 0. The van der Waals surface area contributed by atoms with Gasteiger partial charge in [-0.3, -0.25) is 0 Å². The predicted octanol–water partition coefficient (Wildman–Crippen LogP) is 3.75. The van der Waals surface area contributed by atoms with Crippen LogP contribution < -0.4 is 0 Å². The van der Waals surface area contributed by atoms with Crippen LogP contribution >= 0.6 is 7.92 Å². The van der Waals surface area contributed by atoms with Gasteiger partial charge >= 0.3 is 0 Å². The molecule has 1 nitrogen and oxygen atoms in total. The molecular formula is C10H25OPSi. The Labute approximate surface area is 86.1 Å². The zero-order valence-corrected chi connectivity index (χ0v) is 11.8. The van der Waals surface area contributed by atoms with E-state index in [-0.39, 0.29) is 0 Å². The van der Waals surface area contributed by atoms with Crippen LogP contribution in [-0.2, 0) is 4.43 Å². The van der Waals surface area contributed by atoms with Crippen molar-refractivity contribution in [1.29, 1.82) is 0 Å². The highest BCUT2D eigenvalue weighted by atomic mass is 31.1. The maximum Gasteiger partial charge on any atom is 0.186 e. The van der Waals surface area contributed by atoms with Crippen LogP contribution in [-0.4, -0.2) is 33.9 Å². The second-order valence-corrected chi connectivity index (χ2v) is 11.6. The molecule has 0 aliphatic rings. The lowest BCUT2D eigenvalue weighted by Gasteiger charge is -2.21. The molecule has 0 unspecified atom stereocenters. The third-order valence-electron chi connectivity index (χ3n) is 2.70. The Morgan fingerprint density at radius 2 is 1.69 bits per heavy atom. The van der Waals surface area contributed by atoms with Gasteiger partial charge < -0.3 is 4.43 Å². The summed E-state index contributed by atoms with van der Waals surface area (Å²) in [6.45, 7) is 9.28. The van der Waals surface area contributed by atoms with Gasteiger partial charge in [-0.25, -0.2) is 0 Å². The molecule has 0 rings (SSSR count). The van der Waals surface area contributed by atoms with E-state index < -0.39 is 8.32 Å². The quantitative estimate of drug-likeness (QED) is 0.469. The lowest BCUT2D eigenvalue weighted by Crippen LogP contribution is -2.28. The Morgan fingerprint density at radius 1 is 1.15 bits per heavy atom. The Bertz CT molecular complexity index is 124. The van der Waals surface area contributed by atoms with Crippen LogP contribution in [0.2, 0.25) is 19.1 Å². The molecule has 0 fully saturated rings. The Hall–Kier alpha value is 0.607. The molecule has 0 saturated carbocycles. The predicted molar refractivity (Wildman–Crippen MR) is 66.8 cm³/mol. The summed E-state index contributed by atoms with van der Waals surface area (Å²) in [7, 11) is 0.963. The van der Waals surface area contributed by atoms with Gasteiger partial charge in [-0.15, -0.1) is 7.92 Å². The molecule has 0 spiro atoms. The van der Waals surface area contributed by atoms with E-state index in [1.807, 2.05) is 7.11 Å². The Kier molecular flexibility index (Phi) is 7.30. The minimum Gasteiger partial charge on any atom is -0.420 e. The van der Waals surface area contributed by atoms with Gasteiger partial charge in [0.1, 0.15) is 0 Å². The van der Waals surface area contributed by atoms with Crippen LogP contribution in [0, 0.1) is 0 Å². The minimum atomic E-state index is -1.26. The van der Waals surface area contributed by atoms with Gasteiger partial charge in [-0.2, -0.15) is 0 Å². The third kappa shape index (κ3) is 6.65. The first-order chi connectivity index (χ1) is 6.05. The smallest absolute Gasteiger partial charge is 0.186 e. The van der Waals surface area contributed by atoms with E-state index in [2.05, 4.69) is 26.9 Å². The van der Waals surface area contributed by atoms with Crippen molar-refractivity contribution in [1.82, 2.24) is 0 Å². The number of hydrogen-bond donors (Lipinski definition) is 0. The summed E-state index contributed by atoms with van der Waals surface area (Å²) >= 11 is 0. The summed E-state index contributed by atoms with van der Waals surface area (Å²) in [6, 6.07) is 1.34. The van der Waals surface area contributed by atoms with Gasteiger partial charge in [0, 0.05) is 7.11 Å². The monoisotopic (exact) mass is 220 g/mol. The molecule has 0 amide bonds. The topological polar surface area (TPSA) is 9.23 Å². The van der Waals surface area contributed by atoms with Crippen molar-refractivity contribution >= 4 is 16.2 Å². The second-order valence-electron chi connectivity index (χ2n) is 4.09. The lowest BCUT2D eigenvalue weighted by molar-refractivity contribution is 0.403. The van der Waals surface area contributed by atoms with E-state index in [1.165, 1.54) is 31.0 Å². The zero-order valence-electron chi connectivity index (χ0n) is 9.89. The van der Waals surface area contributed by atoms with Crippen LogP contribution in [0.1, 0.15) is 20.3 Å². The van der Waals surface area contributed by atoms with Crippen LogP contribution in [0.3, 0.4) is 0 Å². The van der Waals surface area contributed by atoms with E-state index in [4.69, 9.17) is 4.43 Å². The fourth-order valence-corrected chi connectivity index (χ4v) is 4.59. The molecule has 0 aromatic rings. The zero-order chi connectivity index (χ0) is 10.3. The molecule has 3 heteroatoms. The molecule has 0 saturated heterocycles. The van der Waals surface area contributed by atoms with E-state index in [0.29, 0.717) is 7.92 Å². The van der Waals surface area contributed by atoms with Gasteiger partial charge in [0.15, 0.2) is 8.32 Å². The fraction of sp³-hybridized carbons (Fsp3) is 1.00. The first-order valence-corrected chi connectivity index (χ1v) is 10.3. The summed E-state index contributed by atoms with van der Waals surface area (Å²) in [4.78, 5) is 0. The molecule has 0 aliphatic heterocycles. The van der Waals surface area contributed by atoms with Crippen molar-refractivity contribution in [2.24, 2.45) is 0 Å².